The predicted octanol–water partition coefficient (Wildman–Crippen LogP) is 4.65. The molecule has 11 nitrogen and oxygen atoms in total. The van der Waals surface area contributed by atoms with Crippen LogP contribution in [0.4, 0.5) is 18.9 Å². The second kappa shape index (κ2) is 11.1. The fourth-order valence-corrected chi connectivity index (χ4v) is 4.24. The van der Waals surface area contributed by atoms with Crippen LogP contribution in [0.3, 0.4) is 0 Å². The van der Waals surface area contributed by atoms with Gasteiger partial charge in [0.2, 0.25) is 0 Å². The number of halogens is 4. The Morgan fingerprint density at radius 2 is 1.88 bits per heavy atom. The van der Waals surface area contributed by atoms with Crippen LogP contribution in [0.15, 0.2) is 47.2 Å². The van der Waals surface area contributed by atoms with Crippen molar-refractivity contribution in [3.05, 3.63) is 81.0 Å². The molecule has 0 radical (unpaired) electrons. The molecule has 0 atom stereocenters. The van der Waals surface area contributed by atoms with Crippen LogP contribution < -0.4 is 10.6 Å². The van der Waals surface area contributed by atoms with Crippen molar-refractivity contribution in [3.63, 3.8) is 0 Å². The van der Waals surface area contributed by atoms with Crippen molar-refractivity contribution in [2.45, 2.75) is 46.0 Å². The first-order valence-electron chi connectivity index (χ1n) is 12.0. The van der Waals surface area contributed by atoms with Crippen molar-refractivity contribution in [1.82, 2.24) is 35.1 Å². The van der Waals surface area contributed by atoms with E-state index in [0.29, 0.717) is 10.0 Å². The van der Waals surface area contributed by atoms with Crippen LogP contribution in [0.25, 0.3) is 5.82 Å². The van der Waals surface area contributed by atoms with E-state index in [9.17, 15) is 28.0 Å². The van der Waals surface area contributed by atoms with E-state index in [2.05, 4.69) is 47.0 Å². The molecule has 41 heavy (non-hydrogen) atoms. The van der Waals surface area contributed by atoms with Gasteiger partial charge in [0.15, 0.2) is 11.5 Å². The van der Waals surface area contributed by atoms with Crippen molar-refractivity contribution < 1.29 is 22.8 Å². The predicted molar refractivity (Wildman–Crippen MR) is 144 cm³/mol. The summed E-state index contributed by atoms with van der Waals surface area (Å²) >= 11 is 3.38. The lowest BCUT2D eigenvalue weighted by atomic mass is 10.0. The van der Waals surface area contributed by atoms with Gasteiger partial charge in [0.1, 0.15) is 5.69 Å². The fourth-order valence-electron chi connectivity index (χ4n) is 3.82. The SMILES string of the molecule is Cc1cc(C#N)cc(C(=O)NC(C)(C)C)c1NC(=O)c1cc(Cn2cc(C(F)(F)F)nn2)nn1-c1ncccc1Br. The van der Waals surface area contributed by atoms with Crippen LogP contribution in [-0.2, 0) is 12.7 Å². The molecular weight excluding hydrogens is 607 g/mol. The Balaban J connectivity index is 1.76. The fraction of sp³-hybridized carbons (Fsp3) is 0.269. The summed E-state index contributed by atoms with van der Waals surface area (Å²) in [4.78, 5) is 31.1. The van der Waals surface area contributed by atoms with Crippen LogP contribution in [-0.4, -0.2) is 47.1 Å². The quantitative estimate of drug-likeness (QED) is 0.316. The second-order valence-corrected chi connectivity index (χ2v) is 10.9. The van der Waals surface area contributed by atoms with E-state index in [0.717, 1.165) is 10.9 Å². The van der Waals surface area contributed by atoms with E-state index in [1.807, 2.05) is 6.07 Å². The number of aromatic nitrogens is 6. The smallest absolute Gasteiger partial charge is 0.347 e. The molecule has 0 unspecified atom stereocenters. The molecule has 4 aromatic rings. The summed E-state index contributed by atoms with van der Waals surface area (Å²) in [7, 11) is 0. The number of nitriles is 1. The lowest BCUT2D eigenvalue weighted by Gasteiger charge is -2.22. The van der Waals surface area contributed by atoms with Crippen molar-refractivity contribution in [2.75, 3.05) is 5.32 Å². The van der Waals surface area contributed by atoms with E-state index in [-0.39, 0.29) is 40.6 Å². The number of hydrogen-bond donors (Lipinski definition) is 2. The number of anilines is 1. The Labute approximate surface area is 240 Å². The Hall–Kier alpha value is -4.58. The molecule has 0 bridgehead atoms. The van der Waals surface area contributed by atoms with E-state index in [1.165, 1.54) is 29.1 Å². The maximum atomic E-state index is 13.7. The molecule has 1 aromatic carbocycles. The molecule has 0 saturated heterocycles. The number of pyridine rings is 1. The first kappa shape index (κ1) is 29.4. The number of carbonyl (C=O) groups is 2. The Bertz CT molecular complexity index is 1680. The minimum Gasteiger partial charge on any atom is -0.347 e. The summed E-state index contributed by atoms with van der Waals surface area (Å²) in [5.74, 6) is -0.949. The summed E-state index contributed by atoms with van der Waals surface area (Å²) in [6, 6.07) is 9.63. The Morgan fingerprint density at radius 3 is 2.49 bits per heavy atom. The maximum absolute atomic E-state index is 13.7. The number of nitrogens with zero attached hydrogens (tertiary/aromatic N) is 7. The van der Waals surface area contributed by atoms with Crippen LogP contribution in [0.2, 0.25) is 0 Å². The standard InChI is InChI=1S/C26H23BrF3N9O2/c1-14-8-15(11-31)9-17(23(40)34-25(2,3)4)21(14)33-24(41)19-10-16(12-38-13-20(35-37-38)26(28,29)30)36-39(19)22-18(27)6-5-7-32-22/h5-10,13H,12H2,1-4H3,(H,33,41)(H,34,40). The Morgan fingerprint density at radius 1 is 1.15 bits per heavy atom. The molecule has 2 N–H and O–H groups in total. The van der Waals surface area contributed by atoms with Gasteiger partial charge in [0.05, 0.1) is 45.8 Å². The molecule has 15 heteroatoms. The lowest BCUT2D eigenvalue weighted by Crippen LogP contribution is -2.41. The third-order valence-electron chi connectivity index (χ3n) is 5.52. The van der Waals surface area contributed by atoms with Crippen molar-refractivity contribution in [2.24, 2.45) is 0 Å². The van der Waals surface area contributed by atoms with E-state index in [4.69, 9.17) is 0 Å². The molecular formula is C26H23BrF3N9O2. The molecule has 4 rings (SSSR count). The van der Waals surface area contributed by atoms with E-state index in [1.54, 1.807) is 39.8 Å². The van der Waals surface area contributed by atoms with Gasteiger partial charge in [-0.25, -0.2) is 14.3 Å². The highest BCUT2D eigenvalue weighted by atomic mass is 79.9. The minimum absolute atomic E-state index is 0.0264. The summed E-state index contributed by atoms with van der Waals surface area (Å²) < 4.78 is 41.7. The number of rotatable bonds is 6. The molecule has 0 aliphatic carbocycles. The maximum Gasteiger partial charge on any atom is 0.436 e. The van der Waals surface area contributed by atoms with Gasteiger partial charge in [-0.05, 0) is 79.5 Å². The van der Waals surface area contributed by atoms with Crippen LogP contribution in [0.5, 0.6) is 0 Å². The number of nitrogens with one attached hydrogen (secondary N) is 2. The highest BCUT2D eigenvalue weighted by Crippen LogP contribution is 2.28. The number of carbonyl (C=O) groups excluding carboxylic acids is 2. The van der Waals surface area contributed by atoms with Crippen LogP contribution >= 0.6 is 15.9 Å². The minimum atomic E-state index is -4.67. The highest BCUT2D eigenvalue weighted by Gasteiger charge is 2.34. The molecule has 3 heterocycles. The number of aryl methyl sites for hydroxylation is 1. The van der Waals surface area contributed by atoms with Crippen molar-refractivity contribution in [1.29, 1.82) is 5.26 Å². The Kier molecular flexibility index (Phi) is 7.98. The van der Waals surface area contributed by atoms with Gasteiger partial charge in [0.25, 0.3) is 11.8 Å². The molecule has 0 fully saturated rings. The molecule has 0 aliphatic rings. The zero-order valence-electron chi connectivity index (χ0n) is 22.2. The third kappa shape index (κ3) is 6.77. The summed E-state index contributed by atoms with van der Waals surface area (Å²) in [5, 5.41) is 26.1. The molecule has 2 amide bonds. The zero-order chi connectivity index (χ0) is 30.1. The number of amides is 2. The van der Waals surface area contributed by atoms with Crippen LogP contribution in [0.1, 0.15) is 64.1 Å². The average molecular weight is 630 g/mol. The monoisotopic (exact) mass is 629 g/mol. The van der Waals surface area contributed by atoms with Gasteiger partial charge in [-0.15, -0.1) is 5.10 Å². The lowest BCUT2D eigenvalue weighted by molar-refractivity contribution is -0.141. The highest BCUT2D eigenvalue weighted by molar-refractivity contribution is 9.10. The van der Waals surface area contributed by atoms with Gasteiger partial charge in [-0.3, -0.25) is 9.59 Å². The van der Waals surface area contributed by atoms with Crippen LogP contribution in [0, 0.1) is 18.3 Å². The molecule has 212 valence electrons. The summed E-state index contributed by atoms with van der Waals surface area (Å²) in [5.41, 5.74) is -0.649. The topological polar surface area (TPSA) is 143 Å². The normalized spacial score (nSPS) is 11.7. The van der Waals surface area contributed by atoms with Gasteiger partial charge < -0.3 is 10.6 Å². The number of alkyl halides is 3. The van der Waals surface area contributed by atoms with Crippen molar-refractivity contribution >= 4 is 33.4 Å². The van der Waals surface area contributed by atoms with E-state index >= 15 is 0 Å². The first-order valence-corrected chi connectivity index (χ1v) is 12.8. The largest absolute Gasteiger partial charge is 0.436 e. The van der Waals surface area contributed by atoms with Gasteiger partial charge in [-0.1, -0.05) is 5.21 Å². The molecule has 0 aliphatic heterocycles. The first-order chi connectivity index (χ1) is 19.2. The second-order valence-electron chi connectivity index (χ2n) is 10.0. The molecule has 0 spiro atoms. The number of hydrogen-bond acceptors (Lipinski definition) is 7. The summed E-state index contributed by atoms with van der Waals surface area (Å²) in [6.07, 6.45) is -2.46. The zero-order valence-corrected chi connectivity index (χ0v) is 23.8. The van der Waals surface area contributed by atoms with Crippen molar-refractivity contribution in [3.8, 4) is 11.9 Å². The van der Waals surface area contributed by atoms with Gasteiger partial charge >= 0.3 is 6.18 Å². The molecule has 0 saturated carbocycles. The van der Waals surface area contributed by atoms with Gasteiger partial charge in [0, 0.05) is 11.7 Å². The van der Waals surface area contributed by atoms with Gasteiger partial charge in [-0.2, -0.15) is 23.5 Å². The summed E-state index contributed by atoms with van der Waals surface area (Å²) in [6.45, 7) is 6.80. The average Bonchev–Trinajstić information content (AvgIpc) is 3.52. The number of benzene rings is 1. The molecule has 3 aromatic heterocycles. The van der Waals surface area contributed by atoms with E-state index < -0.39 is 29.2 Å². The third-order valence-corrected chi connectivity index (χ3v) is 6.14.